The lowest BCUT2D eigenvalue weighted by Crippen LogP contribution is -2.42. The molecule has 0 bridgehead atoms. The molecular weight excluding hydrogens is 443 g/mol. The SMILES string of the molecule is Cl.Cl.NC1CCCCC1Nc1nc(C=Cc2ccc(Cl)cc2)nc2ccc(O)cc12. The summed E-state index contributed by atoms with van der Waals surface area (Å²) in [5.41, 5.74) is 8.10. The lowest BCUT2D eigenvalue weighted by Gasteiger charge is -2.30. The van der Waals surface area contributed by atoms with Gasteiger partial charge in [0.1, 0.15) is 11.6 Å². The molecule has 2 unspecified atom stereocenters. The Kier molecular flexibility index (Phi) is 8.74. The second-order valence-corrected chi connectivity index (χ2v) is 7.65. The Morgan fingerprint density at radius 3 is 2.47 bits per heavy atom. The van der Waals surface area contributed by atoms with Crippen LogP contribution in [0.3, 0.4) is 0 Å². The van der Waals surface area contributed by atoms with Crippen LogP contribution < -0.4 is 11.1 Å². The maximum Gasteiger partial charge on any atom is 0.154 e. The number of benzene rings is 2. The molecule has 3 aromatic rings. The van der Waals surface area contributed by atoms with Crippen molar-refractivity contribution in [3.05, 3.63) is 58.9 Å². The summed E-state index contributed by atoms with van der Waals surface area (Å²) in [7, 11) is 0. The molecule has 4 rings (SSSR count). The summed E-state index contributed by atoms with van der Waals surface area (Å²) in [6, 6.07) is 13.0. The van der Waals surface area contributed by atoms with Crippen LogP contribution in [0, 0.1) is 0 Å². The van der Waals surface area contributed by atoms with Crippen molar-refractivity contribution in [1.29, 1.82) is 0 Å². The van der Waals surface area contributed by atoms with Crippen molar-refractivity contribution in [2.75, 3.05) is 5.32 Å². The molecule has 160 valence electrons. The molecule has 1 saturated carbocycles. The smallest absolute Gasteiger partial charge is 0.154 e. The van der Waals surface area contributed by atoms with Crippen molar-refractivity contribution < 1.29 is 5.11 Å². The molecule has 0 spiro atoms. The van der Waals surface area contributed by atoms with Gasteiger partial charge >= 0.3 is 0 Å². The standard InChI is InChI=1S/C22H23ClN4O.2ClH/c23-15-8-5-14(6-9-15)7-12-21-25-19-11-10-16(28)13-17(19)22(27-21)26-20-4-2-1-3-18(20)24;;/h5-13,18,20,28H,1-4,24H2,(H,25,26,27);2*1H. The van der Waals surface area contributed by atoms with E-state index in [4.69, 9.17) is 22.3 Å². The first-order valence-electron chi connectivity index (χ1n) is 9.55. The number of aromatic nitrogens is 2. The second-order valence-electron chi connectivity index (χ2n) is 7.22. The van der Waals surface area contributed by atoms with Crippen molar-refractivity contribution in [2.45, 2.75) is 37.8 Å². The number of hydrogen-bond donors (Lipinski definition) is 3. The van der Waals surface area contributed by atoms with Gasteiger partial charge in [0.2, 0.25) is 0 Å². The first-order valence-corrected chi connectivity index (χ1v) is 9.93. The third kappa shape index (κ3) is 5.76. The van der Waals surface area contributed by atoms with Crippen LogP contribution in [0.2, 0.25) is 5.02 Å². The molecule has 0 radical (unpaired) electrons. The zero-order chi connectivity index (χ0) is 19.5. The minimum absolute atomic E-state index is 0. The fourth-order valence-corrected chi connectivity index (χ4v) is 3.70. The van der Waals surface area contributed by atoms with Crippen LogP contribution in [0.4, 0.5) is 5.82 Å². The molecule has 2 aromatic carbocycles. The highest BCUT2D eigenvalue weighted by Crippen LogP contribution is 2.28. The van der Waals surface area contributed by atoms with Gasteiger partial charge in [-0.1, -0.05) is 42.7 Å². The molecule has 0 aliphatic heterocycles. The summed E-state index contributed by atoms with van der Waals surface area (Å²) in [6.07, 6.45) is 8.18. The van der Waals surface area contributed by atoms with Gasteiger partial charge in [-0.05, 0) is 54.8 Å². The average molecular weight is 468 g/mol. The lowest BCUT2D eigenvalue weighted by molar-refractivity contribution is 0.403. The van der Waals surface area contributed by atoms with Crippen LogP contribution in [0.15, 0.2) is 42.5 Å². The van der Waals surface area contributed by atoms with Crippen LogP contribution in [0.25, 0.3) is 23.1 Å². The molecule has 1 aliphatic carbocycles. The van der Waals surface area contributed by atoms with Gasteiger partial charge in [0.25, 0.3) is 0 Å². The molecule has 0 amide bonds. The van der Waals surface area contributed by atoms with Gasteiger partial charge in [-0.15, -0.1) is 24.8 Å². The Morgan fingerprint density at radius 2 is 1.73 bits per heavy atom. The Balaban J connectivity index is 0.00000160. The minimum Gasteiger partial charge on any atom is -0.508 e. The number of phenols is 1. The molecule has 1 heterocycles. The molecule has 30 heavy (non-hydrogen) atoms. The van der Waals surface area contributed by atoms with E-state index in [0.717, 1.165) is 35.7 Å². The van der Waals surface area contributed by atoms with E-state index in [-0.39, 0.29) is 42.6 Å². The fourth-order valence-electron chi connectivity index (χ4n) is 3.58. The average Bonchev–Trinajstić information content (AvgIpc) is 2.70. The Bertz CT molecular complexity index is 1010. The van der Waals surface area contributed by atoms with E-state index in [2.05, 4.69) is 10.3 Å². The largest absolute Gasteiger partial charge is 0.508 e. The van der Waals surface area contributed by atoms with E-state index in [9.17, 15) is 5.11 Å². The number of phenolic OH excluding ortho intramolecular Hbond substituents is 1. The topological polar surface area (TPSA) is 84.1 Å². The van der Waals surface area contributed by atoms with Crippen LogP contribution >= 0.6 is 36.4 Å². The van der Waals surface area contributed by atoms with E-state index in [1.165, 1.54) is 6.42 Å². The predicted molar refractivity (Wildman–Crippen MR) is 130 cm³/mol. The summed E-state index contributed by atoms with van der Waals surface area (Å²) < 4.78 is 0. The van der Waals surface area contributed by atoms with Gasteiger partial charge < -0.3 is 16.2 Å². The van der Waals surface area contributed by atoms with Gasteiger partial charge in [0.15, 0.2) is 5.82 Å². The highest BCUT2D eigenvalue weighted by molar-refractivity contribution is 6.30. The van der Waals surface area contributed by atoms with Gasteiger partial charge in [-0.2, -0.15) is 0 Å². The molecule has 1 aliphatic rings. The molecule has 5 nitrogen and oxygen atoms in total. The van der Waals surface area contributed by atoms with Crippen molar-refractivity contribution in [3.8, 4) is 5.75 Å². The van der Waals surface area contributed by atoms with Gasteiger partial charge in [-0.3, -0.25) is 0 Å². The number of rotatable bonds is 4. The lowest BCUT2D eigenvalue weighted by atomic mass is 9.91. The normalized spacial score (nSPS) is 18.6. The number of nitrogens with zero attached hydrogens (tertiary/aromatic N) is 2. The number of nitrogens with one attached hydrogen (secondary N) is 1. The maximum atomic E-state index is 9.92. The van der Waals surface area contributed by atoms with E-state index in [1.807, 2.05) is 36.4 Å². The van der Waals surface area contributed by atoms with Crippen molar-refractivity contribution in [3.63, 3.8) is 0 Å². The number of hydrogen-bond acceptors (Lipinski definition) is 5. The minimum atomic E-state index is 0. The summed E-state index contributed by atoms with van der Waals surface area (Å²) in [5, 5.41) is 14.9. The zero-order valence-corrected chi connectivity index (χ0v) is 18.7. The molecule has 2 atom stereocenters. The molecule has 8 heteroatoms. The monoisotopic (exact) mass is 466 g/mol. The Morgan fingerprint density at radius 1 is 1.00 bits per heavy atom. The van der Waals surface area contributed by atoms with E-state index < -0.39 is 0 Å². The third-order valence-corrected chi connectivity index (χ3v) is 5.38. The summed E-state index contributed by atoms with van der Waals surface area (Å²) in [6.45, 7) is 0. The number of anilines is 1. The molecular formula is C22H25Cl3N4O. The second kappa shape index (κ2) is 10.8. The molecule has 4 N–H and O–H groups in total. The zero-order valence-electron chi connectivity index (χ0n) is 16.3. The quantitative estimate of drug-likeness (QED) is 0.459. The van der Waals surface area contributed by atoms with Gasteiger partial charge in [-0.25, -0.2) is 9.97 Å². The molecule has 1 fully saturated rings. The Hall–Kier alpha value is -2.05. The summed E-state index contributed by atoms with van der Waals surface area (Å²) in [4.78, 5) is 9.32. The van der Waals surface area contributed by atoms with Crippen LogP contribution in [0.5, 0.6) is 5.75 Å². The van der Waals surface area contributed by atoms with Crippen molar-refractivity contribution in [2.24, 2.45) is 5.73 Å². The van der Waals surface area contributed by atoms with Crippen molar-refractivity contribution >= 4 is 65.3 Å². The van der Waals surface area contributed by atoms with Crippen molar-refractivity contribution in [1.82, 2.24) is 9.97 Å². The molecule has 1 aromatic heterocycles. The van der Waals surface area contributed by atoms with Gasteiger partial charge in [0.05, 0.1) is 5.52 Å². The fraction of sp³-hybridized carbons (Fsp3) is 0.273. The van der Waals surface area contributed by atoms with E-state index in [1.54, 1.807) is 18.2 Å². The third-order valence-electron chi connectivity index (χ3n) is 5.13. The maximum absolute atomic E-state index is 9.92. The van der Waals surface area contributed by atoms with Crippen LogP contribution in [-0.4, -0.2) is 27.2 Å². The van der Waals surface area contributed by atoms with E-state index in [0.29, 0.717) is 16.7 Å². The number of halogens is 3. The van der Waals surface area contributed by atoms with Gasteiger partial charge in [0, 0.05) is 22.5 Å². The number of nitrogens with two attached hydrogens (primary N) is 1. The number of aromatic hydroxyl groups is 1. The first-order chi connectivity index (χ1) is 13.6. The summed E-state index contributed by atoms with van der Waals surface area (Å²) in [5.74, 6) is 1.50. The Labute approximate surface area is 193 Å². The highest BCUT2D eigenvalue weighted by Gasteiger charge is 2.23. The highest BCUT2D eigenvalue weighted by atomic mass is 35.5. The summed E-state index contributed by atoms with van der Waals surface area (Å²) >= 11 is 5.94. The van der Waals surface area contributed by atoms with E-state index >= 15 is 0 Å². The van der Waals surface area contributed by atoms with Crippen LogP contribution in [-0.2, 0) is 0 Å². The predicted octanol–water partition coefficient (Wildman–Crippen LogP) is 5.68. The number of fused-ring (bicyclic) bond motifs is 1. The molecule has 0 saturated heterocycles. The first kappa shape index (κ1) is 24.2. The van der Waals surface area contributed by atoms with Crippen LogP contribution in [0.1, 0.15) is 37.1 Å².